The Hall–Kier alpha value is -4.30. The lowest BCUT2D eigenvalue weighted by Gasteiger charge is -2.24. The lowest BCUT2D eigenvalue weighted by Crippen LogP contribution is -2.32. The second-order valence-electron chi connectivity index (χ2n) is 9.32. The van der Waals surface area contributed by atoms with Gasteiger partial charge in [0.2, 0.25) is 0 Å². The first-order valence-corrected chi connectivity index (χ1v) is 12.5. The molecule has 0 aromatic heterocycles. The number of phenols is 1. The Kier molecular flexibility index (Phi) is 6.82. The van der Waals surface area contributed by atoms with Crippen LogP contribution in [-0.4, -0.2) is 41.7 Å². The van der Waals surface area contributed by atoms with Crippen LogP contribution in [0.1, 0.15) is 45.0 Å². The fourth-order valence-corrected chi connectivity index (χ4v) is 5.38. The van der Waals surface area contributed by atoms with Crippen LogP contribution in [0.15, 0.2) is 72.3 Å². The average Bonchev–Trinajstić information content (AvgIpc) is 3.28. The Morgan fingerprint density at radius 1 is 1.08 bits per heavy atom. The summed E-state index contributed by atoms with van der Waals surface area (Å²) in [7, 11) is 1.48. The summed E-state index contributed by atoms with van der Waals surface area (Å²) in [6.45, 7) is 0.408. The van der Waals surface area contributed by atoms with Crippen LogP contribution >= 0.6 is 11.6 Å². The molecule has 0 radical (unpaired) electrons. The zero-order chi connectivity index (χ0) is 27.0. The number of rotatable bonds is 5. The lowest BCUT2D eigenvalue weighted by atomic mass is 9.87. The van der Waals surface area contributed by atoms with Crippen LogP contribution < -0.4 is 15.0 Å². The number of anilines is 2. The fourth-order valence-electron chi connectivity index (χ4n) is 5.18. The summed E-state index contributed by atoms with van der Waals surface area (Å²) >= 11 is 6.16. The summed E-state index contributed by atoms with van der Waals surface area (Å²) in [5, 5.41) is 23.0. The molecule has 3 N–H and O–H groups in total. The van der Waals surface area contributed by atoms with E-state index in [0.717, 1.165) is 11.3 Å². The first-order chi connectivity index (χ1) is 18.3. The molecule has 0 saturated heterocycles. The number of nitrogens with one attached hydrogen (secondary N) is 1. The first kappa shape index (κ1) is 25.4. The lowest BCUT2D eigenvalue weighted by molar-refractivity contribution is -0.132. The SMILES string of the molecule is COc1ccc(Cl)c(C(=O)Nc2ccc(C(=O)N3CCC4CC(C(=O)O)=C[C@@H]4c4ccccc43)cc2O)c1. The van der Waals surface area contributed by atoms with Crippen molar-refractivity contribution in [3.05, 3.63) is 94.0 Å². The summed E-state index contributed by atoms with van der Waals surface area (Å²) in [5.74, 6) is -1.54. The number of hydrogen-bond donors (Lipinski definition) is 3. The number of allylic oxidation sites excluding steroid dienone is 1. The predicted molar refractivity (Wildman–Crippen MR) is 143 cm³/mol. The van der Waals surface area contributed by atoms with Gasteiger partial charge in [0.25, 0.3) is 11.8 Å². The van der Waals surface area contributed by atoms with E-state index in [1.165, 1.54) is 25.3 Å². The third kappa shape index (κ3) is 4.70. The van der Waals surface area contributed by atoms with E-state index in [-0.39, 0.29) is 45.3 Å². The molecule has 0 fully saturated rings. The Bertz CT molecular complexity index is 1480. The Labute approximate surface area is 224 Å². The Balaban J connectivity index is 1.40. The molecule has 1 unspecified atom stereocenters. The van der Waals surface area contributed by atoms with E-state index in [0.29, 0.717) is 30.7 Å². The molecule has 9 heteroatoms. The van der Waals surface area contributed by atoms with Gasteiger partial charge in [-0.15, -0.1) is 0 Å². The van der Waals surface area contributed by atoms with Crippen molar-refractivity contribution in [1.29, 1.82) is 0 Å². The number of aromatic hydroxyl groups is 1. The van der Waals surface area contributed by atoms with E-state index in [1.54, 1.807) is 29.2 Å². The van der Waals surface area contributed by atoms with Crippen LogP contribution in [-0.2, 0) is 4.79 Å². The molecular formula is C29H25ClN2O6. The minimum Gasteiger partial charge on any atom is -0.506 e. The normalized spacial score (nSPS) is 18.1. The van der Waals surface area contributed by atoms with E-state index < -0.39 is 11.9 Å². The average molecular weight is 533 g/mol. The van der Waals surface area contributed by atoms with Crippen LogP contribution in [0, 0.1) is 5.92 Å². The third-order valence-electron chi connectivity index (χ3n) is 7.11. The number of phenolic OH excluding ortho intramolecular Hbond substituents is 1. The topological polar surface area (TPSA) is 116 Å². The van der Waals surface area contributed by atoms with Crippen molar-refractivity contribution in [1.82, 2.24) is 0 Å². The van der Waals surface area contributed by atoms with Crippen LogP contribution in [0.25, 0.3) is 0 Å². The second-order valence-corrected chi connectivity index (χ2v) is 9.73. The number of fused-ring (bicyclic) bond motifs is 3. The number of aliphatic carboxylic acids is 1. The highest BCUT2D eigenvalue weighted by molar-refractivity contribution is 6.34. The molecular weight excluding hydrogens is 508 g/mol. The number of carboxylic acids is 1. The van der Waals surface area contributed by atoms with Crippen molar-refractivity contribution in [2.75, 3.05) is 23.9 Å². The largest absolute Gasteiger partial charge is 0.506 e. The second kappa shape index (κ2) is 10.2. The van der Waals surface area contributed by atoms with Crippen molar-refractivity contribution >= 4 is 40.8 Å². The fraction of sp³-hybridized carbons (Fsp3) is 0.207. The molecule has 0 spiro atoms. The van der Waals surface area contributed by atoms with E-state index in [4.69, 9.17) is 16.3 Å². The molecule has 2 amide bonds. The van der Waals surface area contributed by atoms with E-state index >= 15 is 0 Å². The number of amides is 2. The quantitative estimate of drug-likeness (QED) is 0.375. The summed E-state index contributed by atoms with van der Waals surface area (Å²) in [4.78, 5) is 39.6. The predicted octanol–water partition coefficient (Wildman–Crippen LogP) is 5.47. The zero-order valence-corrected chi connectivity index (χ0v) is 21.2. The van der Waals surface area contributed by atoms with Gasteiger partial charge in [0.15, 0.2) is 0 Å². The molecule has 3 aromatic carbocycles. The number of halogens is 1. The summed E-state index contributed by atoms with van der Waals surface area (Å²) in [6.07, 6.45) is 2.90. The van der Waals surface area contributed by atoms with E-state index in [9.17, 15) is 24.6 Å². The maximum absolute atomic E-state index is 13.6. The van der Waals surface area contributed by atoms with Crippen LogP contribution in [0.5, 0.6) is 11.5 Å². The molecule has 1 aliphatic carbocycles. The van der Waals surface area contributed by atoms with Crippen molar-refractivity contribution in [2.24, 2.45) is 5.92 Å². The highest BCUT2D eigenvalue weighted by atomic mass is 35.5. The van der Waals surface area contributed by atoms with Gasteiger partial charge in [-0.25, -0.2) is 4.79 Å². The van der Waals surface area contributed by atoms with Gasteiger partial charge in [-0.1, -0.05) is 35.9 Å². The van der Waals surface area contributed by atoms with Crippen LogP contribution in [0.2, 0.25) is 5.02 Å². The minimum absolute atomic E-state index is 0.0791. The monoisotopic (exact) mass is 532 g/mol. The number of hydrogen-bond acceptors (Lipinski definition) is 5. The molecule has 8 nitrogen and oxygen atoms in total. The molecule has 38 heavy (non-hydrogen) atoms. The smallest absolute Gasteiger partial charge is 0.331 e. The molecule has 2 aliphatic rings. The number of carbonyl (C=O) groups is 3. The van der Waals surface area contributed by atoms with Gasteiger partial charge in [-0.2, -0.15) is 0 Å². The summed E-state index contributed by atoms with van der Waals surface area (Å²) in [6, 6.07) is 16.5. The van der Waals surface area contributed by atoms with Gasteiger partial charge >= 0.3 is 5.97 Å². The van der Waals surface area contributed by atoms with Gasteiger partial charge in [0, 0.05) is 29.3 Å². The molecule has 2 atom stereocenters. The summed E-state index contributed by atoms with van der Waals surface area (Å²) < 4.78 is 5.15. The molecule has 3 aromatic rings. The first-order valence-electron chi connectivity index (χ1n) is 12.1. The minimum atomic E-state index is -0.903. The van der Waals surface area contributed by atoms with E-state index in [2.05, 4.69) is 5.32 Å². The van der Waals surface area contributed by atoms with Crippen molar-refractivity contribution in [3.63, 3.8) is 0 Å². The number of carboxylic acid groups (broad SMARTS) is 1. The van der Waals surface area contributed by atoms with Gasteiger partial charge in [-0.3, -0.25) is 9.59 Å². The van der Waals surface area contributed by atoms with Gasteiger partial charge < -0.3 is 25.2 Å². The van der Waals surface area contributed by atoms with Gasteiger partial charge in [0.1, 0.15) is 11.5 Å². The number of methoxy groups -OCH3 is 1. The maximum Gasteiger partial charge on any atom is 0.331 e. The number of carbonyl (C=O) groups excluding carboxylic acids is 2. The van der Waals surface area contributed by atoms with Crippen molar-refractivity contribution in [2.45, 2.75) is 18.8 Å². The van der Waals surface area contributed by atoms with Gasteiger partial charge in [-0.05, 0) is 66.8 Å². The van der Waals surface area contributed by atoms with Gasteiger partial charge in [0.05, 0.1) is 23.4 Å². The number of ether oxygens (including phenoxy) is 1. The van der Waals surface area contributed by atoms with Crippen molar-refractivity contribution < 1.29 is 29.3 Å². The number of benzene rings is 3. The highest BCUT2D eigenvalue weighted by Gasteiger charge is 2.37. The number of nitrogens with zero attached hydrogens (tertiary/aromatic N) is 1. The van der Waals surface area contributed by atoms with E-state index in [1.807, 2.05) is 24.3 Å². The molecule has 0 bridgehead atoms. The Morgan fingerprint density at radius 2 is 1.87 bits per heavy atom. The highest BCUT2D eigenvalue weighted by Crippen LogP contribution is 2.46. The molecule has 0 saturated carbocycles. The maximum atomic E-state index is 13.6. The molecule has 5 rings (SSSR count). The number of para-hydroxylation sites is 1. The van der Waals surface area contributed by atoms with Crippen LogP contribution in [0.3, 0.4) is 0 Å². The Morgan fingerprint density at radius 3 is 2.61 bits per heavy atom. The molecule has 194 valence electrons. The third-order valence-corrected chi connectivity index (χ3v) is 7.44. The summed E-state index contributed by atoms with van der Waals surface area (Å²) in [5.41, 5.74) is 2.59. The zero-order valence-electron chi connectivity index (χ0n) is 20.5. The molecule has 1 heterocycles. The van der Waals surface area contributed by atoms with Crippen LogP contribution in [0.4, 0.5) is 11.4 Å². The standard InChI is InChI=1S/C29H25ClN2O6/c1-38-19-7-8-23(30)22(15-19)27(34)31-24-9-6-17(14-26(24)33)28(35)32-11-10-16-12-18(29(36)37)13-21(16)20-4-2-3-5-25(20)32/h2-9,13-16,21,33H,10-12H2,1H3,(H,31,34)(H,36,37)/t16?,21-/m0/s1. The van der Waals surface area contributed by atoms with Crippen molar-refractivity contribution in [3.8, 4) is 11.5 Å². The molecule has 1 aliphatic heterocycles.